The summed E-state index contributed by atoms with van der Waals surface area (Å²) in [6.45, 7) is 2.68. The summed E-state index contributed by atoms with van der Waals surface area (Å²) in [6.07, 6.45) is 9.60. The number of hydrogen-bond acceptors (Lipinski definition) is 4. The van der Waals surface area contributed by atoms with Gasteiger partial charge in [0, 0.05) is 5.56 Å². The molecule has 0 aliphatic rings. The molecule has 2 aromatic carbocycles. The monoisotopic (exact) mass is 355 g/mol. The summed E-state index contributed by atoms with van der Waals surface area (Å²) in [5.41, 5.74) is 3.77. The predicted molar refractivity (Wildman–Crippen MR) is 107 cm³/mol. The van der Waals surface area contributed by atoms with Crippen LogP contribution in [0.15, 0.2) is 73.1 Å². The van der Waals surface area contributed by atoms with Crippen LogP contribution in [-0.4, -0.2) is 16.6 Å². The highest BCUT2D eigenvalue weighted by molar-refractivity contribution is 5.68. The third-order valence-electron chi connectivity index (χ3n) is 4.14. The molecule has 0 spiro atoms. The SMILES string of the molecule is CC=CCCCOc1cnc(-c2ccc(-c3ccc(C#N)cc3)cc2)nc1. The summed E-state index contributed by atoms with van der Waals surface area (Å²) in [5, 5.41) is 8.89. The highest BCUT2D eigenvalue weighted by Gasteiger charge is 2.04. The molecule has 27 heavy (non-hydrogen) atoms. The van der Waals surface area contributed by atoms with Gasteiger partial charge in [0.15, 0.2) is 11.6 Å². The van der Waals surface area contributed by atoms with Crippen LogP contribution in [0.5, 0.6) is 5.75 Å². The van der Waals surface area contributed by atoms with Crippen LogP contribution in [0.25, 0.3) is 22.5 Å². The van der Waals surface area contributed by atoms with Crippen LogP contribution >= 0.6 is 0 Å². The summed E-state index contributed by atoms with van der Waals surface area (Å²) >= 11 is 0. The molecule has 0 bridgehead atoms. The molecule has 0 amide bonds. The smallest absolute Gasteiger partial charge is 0.159 e. The molecule has 134 valence electrons. The van der Waals surface area contributed by atoms with Gasteiger partial charge in [-0.25, -0.2) is 9.97 Å². The Morgan fingerprint density at radius 2 is 1.52 bits per heavy atom. The highest BCUT2D eigenvalue weighted by atomic mass is 16.5. The van der Waals surface area contributed by atoms with Crippen LogP contribution in [0.1, 0.15) is 25.3 Å². The lowest BCUT2D eigenvalue weighted by atomic mass is 10.0. The van der Waals surface area contributed by atoms with Gasteiger partial charge in [0.05, 0.1) is 30.6 Å². The Kier molecular flexibility index (Phi) is 6.32. The van der Waals surface area contributed by atoms with E-state index in [9.17, 15) is 0 Å². The van der Waals surface area contributed by atoms with E-state index in [2.05, 4.69) is 22.1 Å². The van der Waals surface area contributed by atoms with Gasteiger partial charge in [-0.2, -0.15) is 5.26 Å². The van der Waals surface area contributed by atoms with Gasteiger partial charge < -0.3 is 4.74 Å². The maximum Gasteiger partial charge on any atom is 0.159 e. The number of unbranched alkanes of at least 4 members (excludes halogenated alkanes) is 1. The molecule has 1 heterocycles. The molecule has 4 heteroatoms. The Labute approximate surface area is 159 Å². The molecule has 0 radical (unpaired) electrons. The zero-order chi connectivity index (χ0) is 18.9. The number of hydrogen-bond donors (Lipinski definition) is 0. The van der Waals surface area contributed by atoms with E-state index in [0.29, 0.717) is 23.7 Å². The van der Waals surface area contributed by atoms with Crippen molar-refractivity contribution < 1.29 is 4.74 Å². The van der Waals surface area contributed by atoms with E-state index in [-0.39, 0.29) is 0 Å². The lowest BCUT2D eigenvalue weighted by molar-refractivity contribution is 0.309. The van der Waals surface area contributed by atoms with E-state index >= 15 is 0 Å². The minimum absolute atomic E-state index is 0.659. The van der Waals surface area contributed by atoms with E-state index in [1.807, 2.05) is 61.5 Å². The zero-order valence-corrected chi connectivity index (χ0v) is 15.3. The van der Waals surface area contributed by atoms with E-state index in [0.717, 1.165) is 29.5 Å². The van der Waals surface area contributed by atoms with Crippen molar-refractivity contribution in [2.24, 2.45) is 0 Å². The average Bonchev–Trinajstić information content (AvgIpc) is 2.74. The molecular weight excluding hydrogens is 334 g/mol. The van der Waals surface area contributed by atoms with Crippen molar-refractivity contribution in [2.45, 2.75) is 19.8 Å². The largest absolute Gasteiger partial charge is 0.490 e. The van der Waals surface area contributed by atoms with Gasteiger partial charge in [-0.3, -0.25) is 0 Å². The molecule has 0 atom stereocenters. The van der Waals surface area contributed by atoms with Gasteiger partial charge in [0.25, 0.3) is 0 Å². The van der Waals surface area contributed by atoms with E-state index in [1.54, 1.807) is 12.4 Å². The minimum Gasteiger partial charge on any atom is -0.490 e. The van der Waals surface area contributed by atoms with Gasteiger partial charge in [-0.05, 0) is 43.0 Å². The molecule has 1 aromatic heterocycles. The second-order valence-corrected chi connectivity index (χ2v) is 6.07. The van der Waals surface area contributed by atoms with Crippen molar-refractivity contribution >= 4 is 0 Å². The number of allylic oxidation sites excluding steroid dienone is 2. The number of rotatable bonds is 7. The maximum absolute atomic E-state index is 8.89. The van der Waals surface area contributed by atoms with E-state index in [1.165, 1.54) is 0 Å². The van der Waals surface area contributed by atoms with Crippen LogP contribution in [0.3, 0.4) is 0 Å². The van der Waals surface area contributed by atoms with Crippen LogP contribution in [0.4, 0.5) is 0 Å². The molecule has 0 N–H and O–H groups in total. The fourth-order valence-corrected chi connectivity index (χ4v) is 2.65. The van der Waals surface area contributed by atoms with Crippen LogP contribution in [-0.2, 0) is 0 Å². The molecule has 0 aliphatic heterocycles. The number of aromatic nitrogens is 2. The van der Waals surface area contributed by atoms with Gasteiger partial charge in [-0.1, -0.05) is 48.6 Å². The summed E-state index contributed by atoms with van der Waals surface area (Å²) in [5.74, 6) is 1.36. The molecule has 0 fully saturated rings. The summed E-state index contributed by atoms with van der Waals surface area (Å²) in [7, 11) is 0. The van der Waals surface area contributed by atoms with Crippen molar-refractivity contribution in [1.29, 1.82) is 5.26 Å². The van der Waals surface area contributed by atoms with E-state index < -0.39 is 0 Å². The average molecular weight is 355 g/mol. The number of ether oxygens (including phenoxy) is 1. The molecule has 3 aromatic rings. The Balaban J connectivity index is 1.63. The highest BCUT2D eigenvalue weighted by Crippen LogP contribution is 2.24. The molecule has 0 unspecified atom stereocenters. The predicted octanol–water partition coefficient (Wildman–Crippen LogP) is 5.42. The van der Waals surface area contributed by atoms with Gasteiger partial charge in [-0.15, -0.1) is 0 Å². The second-order valence-electron chi connectivity index (χ2n) is 6.07. The third-order valence-corrected chi connectivity index (χ3v) is 4.14. The molecule has 3 rings (SSSR count). The van der Waals surface area contributed by atoms with Crippen molar-refractivity contribution in [3.05, 3.63) is 78.6 Å². The fourth-order valence-electron chi connectivity index (χ4n) is 2.65. The van der Waals surface area contributed by atoms with Crippen molar-refractivity contribution in [3.63, 3.8) is 0 Å². The van der Waals surface area contributed by atoms with Gasteiger partial charge in [0.1, 0.15) is 0 Å². The summed E-state index contributed by atoms with van der Waals surface area (Å²) in [6, 6.07) is 17.7. The first-order valence-corrected chi connectivity index (χ1v) is 8.97. The number of nitriles is 1. The Morgan fingerprint density at radius 1 is 0.926 bits per heavy atom. The second kappa shape index (κ2) is 9.30. The lowest BCUT2D eigenvalue weighted by Gasteiger charge is -2.06. The molecule has 4 nitrogen and oxygen atoms in total. The first kappa shape index (κ1) is 18.3. The van der Waals surface area contributed by atoms with Crippen molar-refractivity contribution in [3.8, 4) is 34.3 Å². The normalized spacial score (nSPS) is 10.7. The number of benzene rings is 2. The quantitative estimate of drug-likeness (QED) is 0.419. The molecule has 0 saturated carbocycles. The molecular formula is C23H21N3O. The maximum atomic E-state index is 8.89. The Bertz CT molecular complexity index is 921. The summed E-state index contributed by atoms with van der Waals surface area (Å²) < 4.78 is 5.66. The van der Waals surface area contributed by atoms with Gasteiger partial charge in [0.2, 0.25) is 0 Å². The lowest BCUT2D eigenvalue weighted by Crippen LogP contribution is -1.98. The van der Waals surface area contributed by atoms with Crippen molar-refractivity contribution in [2.75, 3.05) is 6.61 Å². The van der Waals surface area contributed by atoms with Crippen LogP contribution in [0, 0.1) is 11.3 Å². The Morgan fingerprint density at radius 3 is 2.11 bits per heavy atom. The first-order valence-electron chi connectivity index (χ1n) is 8.97. The molecule has 0 saturated heterocycles. The van der Waals surface area contributed by atoms with E-state index in [4.69, 9.17) is 10.00 Å². The van der Waals surface area contributed by atoms with Crippen molar-refractivity contribution in [1.82, 2.24) is 9.97 Å². The first-order chi connectivity index (χ1) is 13.3. The molecule has 0 aliphatic carbocycles. The van der Waals surface area contributed by atoms with Gasteiger partial charge >= 0.3 is 0 Å². The Hall–Kier alpha value is -3.45. The number of nitrogens with zero attached hydrogens (tertiary/aromatic N) is 3. The topological polar surface area (TPSA) is 58.8 Å². The van der Waals surface area contributed by atoms with Crippen LogP contribution in [0.2, 0.25) is 0 Å². The fraction of sp³-hybridized carbons (Fsp3) is 0.174. The minimum atomic E-state index is 0.659. The zero-order valence-electron chi connectivity index (χ0n) is 15.3. The third kappa shape index (κ3) is 5.02. The summed E-state index contributed by atoms with van der Waals surface area (Å²) in [4.78, 5) is 8.81. The van der Waals surface area contributed by atoms with Crippen LogP contribution < -0.4 is 4.74 Å². The standard InChI is InChI=1S/C23H21N3O/c1-2-3-4-5-14-27-22-16-25-23(26-17-22)21-12-10-20(11-13-21)19-8-6-18(15-24)7-9-19/h2-3,6-13,16-17H,4-5,14H2,1H3.